The molecule has 2 aromatic rings. The third-order valence-electron chi connectivity index (χ3n) is 2.77. The number of rotatable bonds is 2. The van der Waals surface area contributed by atoms with E-state index in [9.17, 15) is 22.8 Å². The normalized spacial score (nSPS) is 11.3. The van der Waals surface area contributed by atoms with Crippen molar-refractivity contribution in [3.63, 3.8) is 0 Å². The Bertz CT molecular complexity index is 718. The lowest BCUT2D eigenvalue weighted by molar-refractivity contribution is -0.193. The van der Waals surface area contributed by atoms with Crippen LogP contribution in [0.15, 0.2) is 30.3 Å². The first kappa shape index (κ1) is 15.7. The predicted molar refractivity (Wildman–Crippen MR) is 69.5 cm³/mol. The summed E-state index contributed by atoms with van der Waals surface area (Å²) in [7, 11) is 0. The first-order valence-corrected chi connectivity index (χ1v) is 6.15. The van der Waals surface area contributed by atoms with E-state index in [0.717, 1.165) is 11.4 Å². The van der Waals surface area contributed by atoms with E-state index >= 15 is 0 Å². The largest absolute Gasteiger partial charge is 0.491 e. The number of hydrogen-bond donors (Lipinski definition) is 0. The van der Waals surface area contributed by atoms with Crippen LogP contribution in [-0.2, 0) is 9.53 Å². The lowest BCUT2D eigenvalue weighted by atomic mass is 10.2. The fourth-order valence-electron chi connectivity index (χ4n) is 1.83. The maximum Gasteiger partial charge on any atom is 0.491 e. The summed E-state index contributed by atoms with van der Waals surface area (Å²) in [5.41, 5.74) is 2.13. The maximum atomic E-state index is 12.0. The Morgan fingerprint density at radius 3 is 2.18 bits per heavy atom. The Kier molecular flexibility index (Phi) is 4.03. The fourth-order valence-corrected chi connectivity index (χ4v) is 1.83. The Labute approximate surface area is 123 Å². The summed E-state index contributed by atoms with van der Waals surface area (Å²) in [5, 5.41) is 4.23. The second-order valence-electron chi connectivity index (χ2n) is 4.56. The van der Waals surface area contributed by atoms with Crippen molar-refractivity contribution in [1.82, 2.24) is 9.78 Å². The summed E-state index contributed by atoms with van der Waals surface area (Å²) in [6.07, 6.45) is -5.21. The topological polar surface area (TPSA) is 61.2 Å². The zero-order valence-electron chi connectivity index (χ0n) is 11.6. The van der Waals surface area contributed by atoms with Gasteiger partial charge in [-0.15, -0.1) is 0 Å². The fraction of sp³-hybridized carbons (Fsp3) is 0.214. The van der Waals surface area contributed by atoms with Crippen LogP contribution in [0.25, 0.3) is 5.69 Å². The van der Waals surface area contributed by atoms with Crippen LogP contribution >= 0.6 is 0 Å². The Morgan fingerprint density at radius 2 is 1.73 bits per heavy atom. The van der Waals surface area contributed by atoms with Gasteiger partial charge in [-0.25, -0.2) is 14.3 Å². The summed E-state index contributed by atoms with van der Waals surface area (Å²) < 4.78 is 41.4. The minimum absolute atomic E-state index is 0.164. The molecule has 0 radical (unpaired) electrons. The van der Waals surface area contributed by atoms with Gasteiger partial charge in [0.1, 0.15) is 0 Å². The van der Waals surface area contributed by atoms with E-state index < -0.39 is 18.1 Å². The van der Waals surface area contributed by atoms with Crippen LogP contribution in [-0.4, -0.2) is 27.9 Å². The third-order valence-corrected chi connectivity index (χ3v) is 2.77. The standard InChI is InChI=1S/C14H11F3N2O3/c1-8-7-9(2)19(18-8)11-5-3-10(4-6-11)12(20)22-13(21)14(15,16)17/h3-7H,1-2H3. The van der Waals surface area contributed by atoms with Crippen molar-refractivity contribution in [2.24, 2.45) is 0 Å². The van der Waals surface area contributed by atoms with Crippen molar-refractivity contribution >= 4 is 11.9 Å². The summed E-state index contributed by atoms with van der Waals surface area (Å²) in [4.78, 5) is 22.1. The number of esters is 2. The van der Waals surface area contributed by atoms with E-state index in [1.165, 1.54) is 24.3 Å². The van der Waals surface area contributed by atoms with E-state index in [4.69, 9.17) is 0 Å². The SMILES string of the molecule is Cc1cc(C)n(-c2ccc(C(=O)OC(=O)C(F)(F)F)cc2)n1. The number of benzene rings is 1. The predicted octanol–water partition coefficient (Wildman–Crippen LogP) is 2.73. The highest BCUT2D eigenvalue weighted by Gasteiger charge is 2.42. The average Bonchev–Trinajstić information content (AvgIpc) is 2.76. The molecular weight excluding hydrogens is 301 g/mol. The van der Waals surface area contributed by atoms with Gasteiger partial charge < -0.3 is 4.74 Å². The minimum Gasteiger partial charge on any atom is -0.383 e. The molecule has 1 aromatic heterocycles. The Balaban J connectivity index is 2.17. The van der Waals surface area contributed by atoms with E-state index in [2.05, 4.69) is 9.84 Å². The summed E-state index contributed by atoms with van der Waals surface area (Å²) in [5.74, 6) is -3.90. The van der Waals surface area contributed by atoms with Crippen molar-refractivity contribution in [1.29, 1.82) is 0 Å². The van der Waals surface area contributed by atoms with Crippen molar-refractivity contribution < 1.29 is 27.5 Å². The second-order valence-corrected chi connectivity index (χ2v) is 4.56. The van der Waals surface area contributed by atoms with Crippen LogP contribution in [0, 0.1) is 13.8 Å². The molecule has 2 rings (SSSR count). The number of carbonyl (C=O) groups is 2. The van der Waals surface area contributed by atoms with Gasteiger partial charge in [0.05, 0.1) is 16.9 Å². The minimum atomic E-state index is -5.21. The Hall–Kier alpha value is -2.64. The number of hydrogen-bond acceptors (Lipinski definition) is 4. The average molecular weight is 312 g/mol. The number of aryl methyl sites for hydroxylation is 2. The molecule has 22 heavy (non-hydrogen) atoms. The maximum absolute atomic E-state index is 12.0. The molecule has 0 saturated carbocycles. The molecule has 8 heteroatoms. The molecule has 0 aliphatic carbocycles. The number of nitrogens with zero attached hydrogens (tertiary/aromatic N) is 2. The number of carbonyl (C=O) groups excluding carboxylic acids is 2. The molecule has 5 nitrogen and oxygen atoms in total. The summed E-state index contributed by atoms with van der Waals surface area (Å²) in [6.45, 7) is 3.65. The van der Waals surface area contributed by atoms with Gasteiger partial charge in [-0.05, 0) is 44.2 Å². The van der Waals surface area contributed by atoms with Gasteiger partial charge in [0.15, 0.2) is 0 Å². The van der Waals surface area contributed by atoms with Gasteiger partial charge in [-0.1, -0.05) is 0 Å². The number of ether oxygens (including phenoxy) is 1. The zero-order valence-corrected chi connectivity index (χ0v) is 11.6. The van der Waals surface area contributed by atoms with E-state index in [0.29, 0.717) is 5.69 Å². The van der Waals surface area contributed by atoms with Crippen LogP contribution < -0.4 is 0 Å². The molecule has 0 aliphatic rings. The lowest BCUT2D eigenvalue weighted by Crippen LogP contribution is -2.28. The molecule has 0 bridgehead atoms. The van der Waals surface area contributed by atoms with Gasteiger partial charge in [0.2, 0.25) is 0 Å². The molecule has 116 valence electrons. The smallest absolute Gasteiger partial charge is 0.383 e. The summed E-state index contributed by atoms with van der Waals surface area (Å²) >= 11 is 0. The van der Waals surface area contributed by atoms with Crippen LogP contribution in [0.5, 0.6) is 0 Å². The molecule has 0 fully saturated rings. The van der Waals surface area contributed by atoms with Gasteiger partial charge in [-0.2, -0.15) is 18.3 Å². The highest BCUT2D eigenvalue weighted by Crippen LogP contribution is 2.18. The van der Waals surface area contributed by atoms with Crippen molar-refractivity contribution in [2.75, 3.05) is 0 Å². The highest BCUT2D eigenvalue weighted by molar-refractivity contribution is 5.98. The quantitative estimate of drug-likeness (QED) is 0.632. The van der Waals surface area contributed by atoms with Crippen LogP contribution in [0.1, 0.15) is 21.7 Å². The molecule has 0 spiro atoms. The molecule has 0 atom stereocenters. The highest BCUT2D eigenvalue weighted by atomic mass is 19.4. The van der Waals surface area contributed by atoms with Crippen LogP contribution in [0.4, 0.5) is 13.2 Å². The summed E-state index contributed by atoms with van der Waals surface area (Å²) in [6, 6.07) is 7.36. The first-order valence-electron chi connectivity index (χ1n) is 6.15. The van der Waals surface area contributed by atoms with E-state index in [1.807, 2.05) is 19.9 Å². The number of halogens is 3. The molecular formula is C14H11F3N2O3. The monoisotopic (exact) mass is 312 g/mol. The molecule has 0 unspecified atom stereocenters. The molecule has 1 aromatic carbocycles. The Morgan fingerprint density at radius 1 is 1.14 bits per heavy atom. The van der Waals surface area contributed by atoms with Crippen molar-refractivity contribution in [3.8, 4) is 5.69 Å². The second kappa shape index (κ2) is 5.63. The molecule has 1 heterocycles. The number of alkyl halides is 3. The first-order chi connectivity index (χ1) is 10.2. The van der Waals surface area contributed by atoms with Crippen molar-refractivity contribution in [2.45, 2.75) is 20.0 Å². The van der Waals surface area contributed by atoms with Gasteiger partial charge in [-0.3, -0.25) is 0 Å². The third kappa shape index (κ3) is 3.33. The van der Waals surface area contributed by atoms with Crippen molar-refractivity contribution in [3.05, 3.63) is 47.3 Å². The van der Waals surface area contributed by atoms with E-state index in [-0.39, 0.29) is 5.56 Å². The van der Waals surface area contributed by atoms with Gasteiger partial charge in [0.25, 0.3) is 0 Å². The van der Waals surface area contributed by atoms with E-state index in [1.54, 1.807) is 4.68 Å². The number of aromatic nitrogens is 2. The molecule has 0 amide bonds. The molecule has 0 aliphatic heterocycles. The van der Waals surface area contributed by atoms with Crippen LogP contribution in [0.2, 0.25) is 0 Å². The van der Waals surface area contributed by atoms with Gasteiger partial charge >= 0.3 is 18.1 Å². The molecule has 0 N–H and O–H groups in total. The zero-order chi connectivity index (χ0) is 16.5. The van der Waals surface area contributed by atoms with Gasteiger partial charge in [0, 0.05) is 5.69 Å². The molecule has 0 saturated heterocycles. The van der Waals surface area contributed by atoms with Crippen LogP contribution in [0.3, 0.4) is 0 Å². The lowest BCUT2D eigenvalue weighted by Gasteiger charge is -2.07.